The fourth-order valence-corrected chi connectivity index (χ4v) is 12.6. The molecule has 74 heavy (non-hydrogen) atoms. The number of hydrogen-bond acceptors (Lipinski definition) is 4. The third-order valence-corrected chi connectivity index (χ3v) is 16.8. The Bertz CT molecular complexity index is 3470. The SMILES string of the molecule is C[N+](C)(C)CCCCCCCCCCCCNS(=O)(=O)c1ccc(-c2c3nc(c(-c4c(Cl)cccc4Cl)c4ccc([nH]4)c(-c4c(Cl)cccc4Cl)c4nc(c(-c5c(Cl)cccc5Cl)c5ccc2[nH]5)C=C4)C=C3)cc1. The van der Waals surface area contributed by atoms with E-state index in [-0.39, 0.29) is 4.90 Å². The summed E-state index contributed by atoms with van der Waals surface area (Å²) in [6.45, 7) is 1.59. The van der Waals surface area contributed by atoms with Crippen molar-refractivity contribution in [2.24, 2.45) is 0 Å². The van der Waals surface area contributed by atoms with E-state index in [1.165, 1.54) is 51.5 Å². The van der Waals surface area contributed by atoms with Gasteiger partial charge in [-0.2, -0.15) is 0 Å². The number of nitrogens with one attached hydrogen (secondary N) is 3. The first-order chi connectivity index (χ1) is 35.6. The van der Waals surface area contributed by atoms with Crippen molar-refractivity contribution >= 4 is 126 Å². The van der Waals surface area contributed by atoms with Crippen LogP contribution in [0.15, 0.2) is 108 Å². The first kappa shape index (κ1) is 53.9. The number of aromatic nitrogens is 4. The maximum atomic E-state index is 13.7. The number of nitrogens with zero attached hydrogens (tertiary/aromatic N) is 3. The molecule has 0 fully saturated rings. The molecule has 2 aliphatic heterocycles. The highest BCUT2D eigenvalue weighted by molar-refractivity contribution is 7.89. The van der Waals surface area contributed by atoms with Gasteiger partial charge in [0.25, 0.3) is 0 Å². The van der Waals surface area contributed by atoms with Crippen molar-refractivity contribution in [2.45, 2.75) is 69.1 Å². The predicted molar refractivity (Wildman–Crippen MR) is 315 cm³/mol. The Morgan fingerprint density at radius 3 is 1.11 bits per heavy atom. The molecule has 0 atom stereocenters. The maximum absolute atomic E-state index is 13.7. The quantitative estimate of drug-likeness (QED) is 0.0554. The Morgan fingerprint density at radius 1 is 0.419 bits per heavy atom. The minimum absolute atomic E-state index is 0.169. The molecule has 0 aliphatic carbocycles. The second-order valence-corrected chi connectivity index (χ2v) is 24.0. The van der Waals surface area contributed by atoms with Crippen molar-refractivity contribution in [1.82, 2.24) is 24.7 Å². The topological polar surface area (TPSA) is 104 Å². The van der Waals surface area contributed by atoms with Crippen LogP contribution in [0.3, 0.4) is 0 Å². The summed E-state index contributed by atoms with van der Waals surface area (Å²) in [5.74, 6) is 0. The van der Waals surface area contributed by atoms with Crippen LogP contribution in [-0.4, -0.2) is 67.1 Å². The average Bonchev–Trinajstić information content (AvgIpc) is 4.21. The summed E-state index contributed by atoms with van der Waals surface area (Å²) in [5, 5.41) is 2.57. The molecule has 0 radical (unpaired) electrons. The zero-order valence-corrected chi connectivity index (χ0v) is 46.8. The van der Waals surface area contributed by atoms with Gasteiger partial charge in [-0.1, -0.05) is 145 Å². The Labute approximate surface area is 464 Å². The molecule has 15 heteroatoms. The largest absolute Gasteiger partial charge is 0.354 e. The summed E-state index contributed by atoms with van der Waals surface area (Å²) in [4.78, 5) is 18.1. The normalized spacial score (nSPS) is 12.6. The lowest BCUT2D eigenvalue weighted by Crippen LogP contribution is -2.35. The standard InChI is InChI=1S/C59H57Cl6N6O2S/c1-71(2,3)36-13-11-9-7-5-4-6-8-10-12-35-66-74(72,73)38-25-23-37(24-26-38)53-45-27-29-47(67-45)57(54-39(60)17-14-18-40(54)61)49-31-33-51(69-49)59(56-43(64)21-16-22-44(56)65)52-34-32-50(70-52)58(48-30-28-46(53)68-48)55-41(62)19-15-20-42(55)63/h14-34,66-67,70H,4-13,35-36H2,1-3H3/q+1. The molecule has 0 amide bonds. The number of fused-ring (bicyclic) bond motifs is 8. The third kappa shape index (κ3) is 12.2. The van der Waals surface area contributed by atoms with Crippen molar-refractivity contribution in [3.63, 3.8) is 0 Å². The lowest BCUT2D eigenvalue weighted by Gasteiger charge is -2.23. The summed E-state index contributed by atoms with van der Waals surface area (Å²) in [5.41, 5.74) is 10.1. The number of halogens is 6. The minimum Gasteiger partial charge on any atom is -0.354 e. The van der Waals surface area contributed by atoms with Crippen LogP contribution in [0.1, 0.15) is 87.0 Å². The second kappa shape index (κ2) is 23.5. The van der Waals surface area contributed by atoms with Gasteiger partial charge in [0.2, 0.25) is 10.0 Å². The van der Waals surface area contributed by atoms with E-state index >= 15 is 0 Å². The van der Waals surface area contributed by atoms with Gasteiger partial charge in [0.05, 0.1) is 85.5 Å². The Balaban J connectivity index is 1.12. The fraction of sp³-hybridized carbons (Fsp3) is 0.254. The number of sulfonamides is 1. The number of aromatic amines is 2. The van der Waals surface area contributed by atoms with Crippen molar-refractivity contribution in [2.75, 3.05) is 34.2 Å². The average molecular weight is 1130 g/mol. The molecule has 4 aromatic carbocycles. The van der Waals surface area contributed by atoms with Crippen LogP contribution < -0.4 is 4.72 Å². The van der Waals surface area contributed by atoms with Gasteiger partial charge in [0.15, 0.2) is 0 Å². The molecule has 9 rings (SSSR count). The molecule has 0 saturated carbocycles. The van der Waals surface area contributed by atoms with Gasteiger partial charge in [-0.3, -0.25) is 0 Å². The molecule has 5 heterocycles. The molecule has 0 spiro atoms. The molecular formula is C59H57Cl6N6O2S+. The summed E-state index contributed by atoms with van der Waals surface area (Å²) in [7, 11) is 2.96. The summed E-state index contributed by atoms with van der Waals surface area (Å²) in [6.07, 6.45) is 19.4. The molecular weight excluding hydrogens is 1070 g/mol. The van der Waals surface area contributed by atoms with Crippen LogP contribution in [0.4, 0.5) is 0 Å². The summed E-state index contributed by atoms with van der Waals surface area (Å²) < 4.78 is 31.3. The minimum atomic E-state index is -3.79. The number of unbranched alkanes of at least 4 members (excludes halogenated alkanes) is 9. The third-order valence-electron chi connectivity index (χ3n) is 13.4. The van der Waals surface area contributed by atoms with Crippen LogP contribution in [0.5, 0.6) is 0 Å². The van der Waals surface area contributed by atoms with Gasteiger partial charge in [-0.05, 0) is 122 Å². The van der Waals surface area contributed by atoms with E-state index in [0.717, 1.165) is 23.7 Å². The van der Waals surface area contributed by atoms with E-state index in [1.807, 2.05) is 60.7 Å². The van der Waals surface area contributed by atoms with Gasteiger partial charge in [-0.15, -0.1) is 0 Å². The van der Waals surface area contributed by atoms with Crippen molar-refractivity contribution in [3.05, 3.63) is 156 Å². The van der Waals surface area contributed by atoms with E-state index in [4.69, 9.17) is 79.6 Å². The van der Waals surface area contributed by atoms with E-state index in [0.29, 0.717) is 126 Å². The zero-order chi connectivity index (χ0) is 52.1. The predicted octanol–water partition coefficient (Wildman–Crippen LogP) is 18.1. The first-order valence-corrected chi connectivity index (χ1v) is 28.7. The summed E-state index contributed by atoms with van der Waals surface area (Å²) >= 11 is 42.1. The first-order valence-electron chi connectivity index (χ1n) is 25.0. The molecule has 8 bridgehead atoms. The van der Waals surface area contributed by atoms with Gasteiger partial charge < -0.3 is 14.5 Å². The molecule has 0 unspecified atom stereocenters. The van der Waals surface area contributed by atoms with E-state index in [1.54, 1.807) is 66.7 Å². The lowest BCUT2D eigenvalue weighted by atomic mass is 10.0. The molecule has 3 aromatic heterocycles. The van der Waals surface area contributed by atoms with Gasteiger partial charge in [0, 0.05) is 67.6 Å². The number of rotatable bonds is 19. The van der Waals surface area contributed by atoms with Crippen LogP contribution in [0, 0.1) is 0 Å². The van der Waals surface area contributed by atoms with Crippen molar-refractivity contribution < 1.29 is 12.9 Å². The van der Waals surface area contributed by atoms with E-state index in [9.17, 15) is 8.42 Å². The van der Waals surface area contributed by atoms with E-state index in [2.05, 4.69) is 35.8 Å². The van der Waals surface area contributed by atoms with Crippen molar-refractivity contribution in [3.8, 4) is 44.5 Å². The van der Waals surface area contributed by atoms with Crippen LogP contribution >= 0.6 is 69.6 Å². The molecule has 2 aliphatic rings. The second-order valence-electron chi connectivity index (χ2n) is 19.8. The summed E-state index contributed by atoms with van der Waals surface area (Å²) in [6, 6.07) is 30.8. The Kier molecular flexibility index (Phi) is 17.1. The molecule has 8 nitrogen and oxygen atoms in total. The fourth-order valence-electron chi connectivity index (χ4n) is 9.72. The lowest BCUT2D eigenvalue weighted by molar-refractivity contribution is -0.870. The highest BCUT2D eigenvalue weighted by Gasteiger charge is 2.24. The maximum Gasteiger partial charge on any atom is 0.240 e. The van der Waals surface area contributed by atoms with E-state index < -0.39 is 10.0 Å². The van der Waals surface area contributed by atoms with Gasteiger partial charge in [-0.25, -0.2) is 23.1 Å². The van der Waals surface area contributed by atoms with Crippen LogP contribution in [0.2, 0.25) is 30.1 Å². The molecule has 382 valence electrons. The number of benzene rings is 4. The van der Waals surface area contributed by atoms with Gasteiger partial charge >= 0.3 is 0 Å². The number of H-pyrrole nitrogens is 2. The smallest absolute Gasteiger partial charge is 0.240 e. The monoisotopic (exact) mass is 1120 g/mol. The highest BCUT2D eigenvalue weighted by Crippen LogP contribution is 2.45. The van der Waals surface area contributed by atoms with Crippen LogP contribution in [-0.2, 0) is 10.0 Å². The number of hydrogen-bond donors (Lipinski definition) is 3. The Morgan fingerprint density at radius 2 is 0.743 bits per heavy atom. The highest BCUT2D eigenvalue weighted by atomic mass is 35.5. The molecule has 3 N–H and O–H groups in total. The van der Waals surface area contributed by atoms with Gasteiger partial charge in [0.1, 0.15) is 0 Å². The number of quaternary nitrogens is 1. The zero-order valence-electron chi connectivity index (χ0n) is 41.4. The molecule has 0 saturated heterocycles. The van der Waals surface area contributed by atoms with Crippen LogP contribution in [0.25, 0.3) is 90.9 Å². The Hall–Kier alpha value is -4.91. The molecule has 7 aromatic rings. The van der Waals surface area contributed by atoms with Crippen molar-refractivity contribution in [1.29, 1.82) is 0 Å².